The second-order valence-corrected chi connectivity index (χ2v) is 9.21. The first kappa shape index (κ1) is 18.1. The highest BCUT2D eigenvalue weighted by Crippen LogP contribution is 2.48. The van der Waals surface area contributed by atoms with Crippen LogP contribution in [0.4, 0.5) is 5.69 Å². The van der Waals surface area contributed by atoms with Crippen LogP contribution in [0.1, 0.15) is 23.5 Å². The predicted octanol–water partition coefficient (Wildman–Crippen LogP) is 1.71. The molecule has 1 N–H and O–H groups in total. The van der Waals surface area contributed by atoms with Crippen LogP contribution in [0.2, 0.25) is 0 Å². The van der Waals surface area contributed by atoms with Gasteiger partial charge in [-0.1, -0.05) is 18.2 Å². The summed E-state index contributed by atoms with van der Waals surface area (Å²) in [5.74, 6) is 1.26. The monoisotopic (exact) mass is 390 g/mol. The molecule has 0 aliphatic carbocycles. The average molecular weight is 390 g/mol. The minimum Gasteiger partial charge on any atom is -0.465 e. The number of fused-ring (bicyclic) bond motifs is 2. The number of para-hydroxylation sites is 1. The number of hydrogen-bond donors (Lipinski definition) is 1. The Morgan fingerprint density at radius 1 is 1.30 bits per heavy atom. The number of nitrogens with one attached hydrogen (secondary N) is 1. The van der Waals surface area contributed by atoms with Gasteiger partial charge in [0.1, 0.15) is 17.6 Å². The Morgan fingerprint density at radius 2 is 2.07 bits per heavy atom. The Kier molecular flexibility index (Phi) is 4.27. The molecule has 2 aromatic rings. The molecule has 1 aromatic carbocycles. The molecule has 7 nitrogen and oxygen atoms in total. The molecule has 0 bridgehead atoms. The van der Waals surface area contributed by atoms with Crippen LogP contribution in [0, 0.1) is 6.92 Å². The zero-order chi connectivity index (χ0) is 19.2. The van der Waals surface area contributed by atoms with Gasteiger partial charge in [0.2, 0.25) is 15.9 Å². The number of anilines is 1. The second kappa shape index (κ2) is 6.38. The molecule has 1 amide bonds. The van der Waals surface area contributed by atoms with Crippen molar-refractivity contribution in [2.24, 2.45) is 0 Å². The van der Waals surface area contributed by atoms with E-state index in [1.54, 1.807) is 6.07 Å². The van der Waals surface area contributed by atoms with Crippen molar-refractivity contribution in [3.8, 4) is 0 Å². The molecule has 8 heteroatoms. The van der Waals surface area contributed by atoms with Crippen molar-refractivity contribution in [1.29, 1.82) is 0 Å². The van der Waals surface area contributed by atoms with Crippen molar-refractivity contribution in [2.75, 3.05) is 23.7 Å². The van der Waals surface area contributed by atoms with Crippen LogP contribution in [-0.4, -0.2) is 39.8 Å². The molecule has 0 radical (unpaired) electrons. The van der Waals surface area contributed by atoms with E-state index in [2.05, 4.69) is 5.32 Å². The van der Waals surface area contributed by atoms with E-state index in [-0.39, 0.29) is 5.91 Å². The zero-order valence-electron chi connectivity index (χ0n) is 15.3. The number of carbonyl (C=O) groups is 1. The quantitative estimate of drug-likeness (QED) is 0.859. The van der Waals surface area contributed by atoms with E-state index in [0.29, 0.717) is 37.6 Å². The molecule has 3 heterocycles. The summed E-state index contributed by atoms with van der Waals surface area (Å²) in [6, 6.07) is 11.1. The van der Waals surface area contributed by atoms with Crippen LogP contribution < -0.4 is 9.62 Å². The number of rotatable bonds is 4. The Balaban J connectivity index is 1.50. The third-order valence-electron chi connectivity index (χ3n) is 5.25. The van der Waals surface area contributed by atoms with Crippen molar-refractivity contribution in [2.45, 2.75) is 31.4 Å². The van der Waals surface area contributed by atoms with Gasteiger partial charge in [-0.2, -0.15) is 0 Å². The molecule has 1 saturated heterocycles. The summed E-state index contributed by atoms with van der Waals surface area (Å²) in [5, 5.41) is 2.84. The highest BCUT2D eigenvalue weighted by atomic mass is 32.2. The van der Waals surface area contributed by atoms with Crippen molar-refractivity contribution in [3.05, 3.63) is 53.5 Å². The molecule has 27 heavy (non-hydrogen) atoms. The van der Waals surface area contributed by atoms with Gasteiger partial charge in [0, 0.05) is 12.0 Å². The lowest BCUT2D eigenvalue weighted by Crippen LogP contribution is -2.38. The van der Waals surface area contributed by atoms with E-state index < -0.39 is 21.5 Å². The van der Waals surface area contributed by atoms with Gasteiger partial charge in [0.05, 0.1) is 25.1 Å². The van der Waals surface area contributed by atoms with Crippen LogP contribution in [0.25, 0.3) is 0 Å². The van der Waals surface area contributed by atoms with Crippen molar-refractivity contribution < 1.29 is 22.4 Å². The molecule has 1 fully saturated rings. The normalized spacial score (nSPS) is 24.4. The minimum absolute atomic E-state index is 0.212. The fraction of sp³-hybridized carbons (Fsp3) is 0.421. The zero-order valence-corrected chi connectivity index (χ0v) is 16.1. The first-order chi connectivity index (χ1) is 12.8. The summed E-state index contributed by atoms with van der Waals surface area (Å²) in [7, 11) is -3.40. The van der Waals surface area contributed by atoms with E-state index in [1.807, 2.05) is 37.3 Å². The van der Waals surface area contributed by atoms with Gasteiger partial charge in [-0.05, 0) is 37.1 Å². The molecule has 144 valence electrons. The van der Waals surface area contributed by atoms with Crippen LogP contribution in [0.15, 0.2) is 40.8 Å². The lowest BCUT2D eigenvalue weighted by atomic mass is 9.80. The van der Waals surface area contributed by atoms with Crippen LogP contribution in [0.5, 0.6) is 0 Å². The number of ether oxygens (including phenoxy) is 1. The van der Waals surface area contributed by atoms with E-state index >= 15 is 0 Å². The van der Waals surface area contributed by atoms with Gasteiger partial charge < -0.3 is 14.5 Å². The highest BCUT2D eigenvalue weighted by molar-refractivity contribution is 7.92. The topological polar surface area (TPSA) is 88.9 Å². The predicted molar refractivity (Wildman–Crippen MR) is 100.0 cm³/mol. The standard InChI is InChI=1S/C19H22N2O5S/c1-13-7-8-14(26-13)10-20-18(22)17-9-19(12-25-17)11-21(27(2,23)24)16-6-4-3-5-15(16)19/h3-8,17H,9-12H2,1-2H3,(H,20,22). The van der Waals surface area contributed by atoms with Gasteiger partial charge in [-0.25, -0.2) is 8.42 Å². The number of amides is 1. The van der Waals surface area contributed by atoms with Crippen LogP contribution >= 0.6 is 0 Å². The largest absolute Gasteiger partial charge is 0.465 e. The summed E-state index contributed by atoms with van der Waals surface area (Å²) in [6.07, 6.45) is 1.03. The SMILES string of the molecule is Cc1ccc(CNC(=O)C2CC3(CO2)CN(S(C)(=O)=O)c2ccccc23)o1. The van der Waals surface area contributed by atoms with Crippen molar-refractivity contribution in [1.82, 2.24) is 5.32 Å². The number of hydrogen-bond acceptors (Lipinski definition) is 5. The van der Waals surface area contributed by atoms with Gasteiger partial charge in [-0.3, -0.25) is 9.10 Å². The second-order valence-electron chi connectivity index (χ2n) is 7.30. The highest BCUT2D eigenvalue weighted by Gasteiger charge is 2.52. The Morgan fingerprint density at radius 3 is 2.78 bits per heavy atom. The summed E-state index contributed by atoms with van der Waals surface area (Å²) < 4.78 is 37.1. The number of sulfonamides is 1. The molecular weight excluding hydrogens is 368 g/mol. The minimum atomic E-state index is -3.40. The fourth-order valence-corrected chi connectivity index (χ4v) is 4.95. The van der Waals surface area contributed by atoms with E-state index in [0.717, 1.165) is 11.3 Å². The molecule has 2 atom stereocenters. The number of nitrogens with zero attached hydrogens (tertiary/aromatic N) is 1. The maximum Gasteiger partial charge on any atom is 0.249 e. The lowest BCUT2D eigenvalue weighted by Gasteiger charge is -2.23. The van der Waals surface area contributed by atoms with E-state index in [9.17, 15) is 13.2 Å². The van der Waals surface area contributed by atoms with E-state index in [4.69, 9.17) is 9.15 Å². The van der Waals surface area contributed by atoms with Gasteiger partial charge >= 0.3 is 0 Å². The number of aryl methyl sites for hydroxylation is 1. The Hall–Kier alpha value is -2.32. The van der Waals surface area contributed by atoms with Gasteiger partial charge in [0.15, 0.2) is 0 Å². The fourth-order valence-electron chi connectivity index (χ4n) is 3.95. The number of carbonyl (C=O) groups excluding carboxylic acids is 1. The van der Waals surface area contributed by atoms with E-state index in [1.165, 1.54) is 10.6 Å². The maximum atomic E-state index is 12.5. The molecular formula is C19H22N2O5S. The number of furan rings is 1. The van der Waals surface area contributed by atoms with Gasteiger partial charge in [-0.15, -0.1) is 0 Å². The molecule has 0 saturated carbocycles. The average Bonchev–Trinajstić information content (AvgIpc) is 3.32. The first-order valence-corrected chi connectivity index (χ1v) is 10.7. The summed E-state index contributed by atoms with van der Waals surface area (Å²) in [5.41, 5.74) is 1.10. The lowest BCUT2D eigenvalue weighted by molar-refractivity contribution is -0.130. The maximum absolute atomic E-state index is 12.5. The summed E-state index contributed by atoms with van der Waals surface area (Å²) in [6.45, 7) is 2.76. The Bertz CT molecular complexity index is 983. The third kappa shape index (κ3) is 3.23. The Labute approximate surface area is 158 Å². The summed E-state index contributed by atoms with van der Waals surface area (Å²) in [4.78, 5) is 12.5. The molecule has 2 unspecified atom stereocenters. The molecule has 1 spiro atoms. The molecule has 1 aromatic heterocycles. The number of benzene rings is 1. The summed E-state index contributed by atoms with van der Waals surface area (Å²) >= 11 is 0. The van der Waals surface area contributed by atoms with Crippen LogP contribution in [-0.2, 0) is 31.5 Å². The van der Waals surface area contributed by atoms with Crippen molar-refractivity contribution >= 4 is 21.6 Å². The van der Waals surface area contributed by atoms with Crippen molar-refractivity contribution in [3.63, 3.8) is 0 Å². The van der Waals surface area contributed by atoms with Gasteiger partial charge in [0.25, 0.3) is 0 Å². The smallest absolute Gasteiger partial charge is 0.249 e. The first-order valence-electron chi connectivity index (χ1n) is 8.80. The molecule has 2 aliphatic heterocycles. The molecule has 2 aliphatic rings. The third-order valence-corrected chi connectivity index (χ3v) is 6.38. The molecule has 4 rings (SSSR count). The van der Waals surface area contributed by atoms with Crippen LogP contribution in [0.3, 0.4) is 0 Å².